The number of nitriles is 1. The Kier molecular flexibility index (Phi) is 5.02. The molecule has 4 heteroatoms. The molecule has 0 fully saturated rings. The number of carbonyl (C=O) groups is 1. The van der Waals surface area contributed by atoms with Gasteiger partial charge >= 0.3 is 0 Å². The topological polar surface area (TPSA) is 64.9 Å². The van der Waals surface area contributed by atoms with E-state index in [0.717, 1.165) is 5.69 Å². The van der Waals surface area contributed by atoms with Gasteiger partial charge in [0.15, 0.2) is 0 Å². The number of nitrogens with zero attached hydrogens (tertiary/aromatic N) is 1. The summed E-state index contributed by atoms with van der Waals surface area (Å²) in [5, 5.41) is 14.8. The van der Waals surface area contributed by atoms with Crippen LogP contribution in [0.2, 0.25) is 0 Å². The van der Waals surface area contributed by atoms with Gasteiger partial charge in [-0.1, -0.05) is 45.0 Å². The zero-order valence-electron chi connectivity index (χ0n) is 13.7. The standard InChI is InChI=1S/C19H21N3O/c1-19(2,3)15-8-10-16(11-9-15)21-13-18(23)22-17-7-5-4-6-14(17)12-20/h4-11,21H,13H2,1-3H3,(H,22,23). The van der Waals surface area contributed by atoms with Crippen molar-refractivity contribution in [3.63, 3.8) is 0 Å². The highest BCUT2D eigenvalue weighted by atomic mass is 16.1. The summed E-state index contributed by atoms with van der Waals surface area (Å²) in [6.07, 6.45) is 0. The molecule has 0 atom stereocenters. The monoisotopic (exact) mass is 307 g/mol. The first-order valence-corrected chi connectivity index (χ1v) is 7.53. The van der Waals surface area contributed by atoms with E-state index in [1.54, 1.807) is 24.3 Å². The summed E-state index contributed by atoms with van der Waals surface area (Å²) in [4.78, 5) is 12.0. The Morgan fingerprint density at radius 3 is 2.35 bits per heavy atom. The van der Waals surface area contributed by atoms with Gasteiger partial charge in [-0.3, -0.25) is 4.79 Å². The van der Waals surface area contributed by atoms with Gasteiger partial charge in [0.25, 0.3) is 0 Å². The van der Waals surface area contributed by atoms with E-state index in [0.29, 0.717) is 11.3 Å². The second kappa shape index (κ2) is 6.97. The predicted molar refractivity (Wildman–Crippen MR) is 93.4 cm³/mol. The fourth-order valence-corrected chi connectivity index (χ4v) is 2.15. The van der Waals surface area contributed by atoms with Crippen molar-refractivity contribution in [1.29, 1.82) is 5.26 Å². The van der Waals surface area contributed by atoms with Gasteiger partial charge in [0.2, 0.25) is 5.91 Å². The molecular formula is C19H21N3O. The first-order chi connectivity index (χ1) is 10.9. The van der Waals surface area contributed by atoms with Crippen LogP contribution in [0, 0.1) is 11.3 Å². The van der Waals surface area contributed by atoms with E-state index in [4.69, 9.17) is 5.26 Å². The van der Waals surface area contributed by atoms with Crippen molar-refractivity contribution < 1.29 is 4.79 Å². The Bertz CT molecular complexity index is 722. The van der Waals surface area contributed by atoms with E-state index < -0.39 is 0 Å². The van der Waals surface area contributed by atoms with Crippen molar-refractivity contribution >= 4 is 17.3 Å². The van der Waals surface area contributed by atoms with Crippen LogP contribution in [0.25, 0.3) is 0 Å². The van der Waals surface area contributed by atoms with Crippen LogP contribution in [0.3, 0.4) is 0 Å². The van der Waals surface area contributed by atoms with Crippen LogP contribution in [0.15, 0.2) is 48.5 Å². The van der Waals surface area contributed by atoms with Crippen LogP contribution in [-0.4, -0.2) is 12.5 Å². The summed E-state index contributed by atoms with van der Waals surface area (Å²) in [6, 6.07) is 17.1. The molecule has 0 radical (unpaired) electrons. The molecule has 118 valence electrons. The maximum Gasteiger partial charge on any atom is 0.243 e. The number of hydrogen-bond acceptors (Lipinski definition) is 3. The van der Waals surface area contributed by atoms with Crippen molar-refractivity contribution in [1.82, 2.24) is 0 Å². The molecule has 0 aromatic heterocycles. The second-order valence-electron chi connectivity index (χ2n) is 6.39. The maximum absolute atomic E-state index is 12.0. The third-order valence-corrected chi connectivity index (χ3v) is 3.53. The van der Waals surface area contributed by atoms with Crippen molar-refractivity contribution in [2.45, 2.75) is 26.2 Å². The lowest BCUT2D eigenvalue weighted by molar-refractivity contribution is -0.114. The third-order valence-electron chi connectivity index (χ3n) is 3.53. The van der Waals surface area contributed by atoms with Gasteiger partial charge in [-0.25, -0.2) is 0 Å². The Labute approximate surface area is 137 Å². The van der Waals surface area contributed by atoms with Gasteiger partial charge < -0.3 is 10.6 Å². The summed E-state index contributed by atoms with van der Waals surface area (Å²) in [6.45, 7) is 6.63. The molecule has 0 saturated heterocycles. The number of amides is 1. The minimum absolute atomic E-state index is 0.108. The molecule has 0 bridgehead atoms. The number of benzene rings is 2. The fraction of sp³-hybridized carbons (Fsp3) is 0.263. The summed E-state index contributed by atoms with van der Waals surface area (Å²) in [7, 11) is 0. The van der Waals surface area contributed by atoms with Gasteiger partial charge in [-0.2, -0.15) is 5.26 Å². The van der Waals surface area contributed by atoms with E-state index in [-0.39, 0.29) is 17.9 Å². The first-order valence-electron chi connectivity index (χ1n) is 7.53. The van der Waals surface area contributed by atoms with Gasteiger partial charge in [-0.05, 0) is 35.2 Å². The fourth-order valence-electron chi connectivity index (χ4n) is 2.15. The number of anilines is 2. The quantitative estimate of drug-likeness (QED) is 0.900. The minimum atomic E-state index is -0.187. The highest BCUT2D eigenvalue weighted by Gasteiger charge is 2.13. The van der Waals surface area contributed by atoms with E-state index in [1.807, 2.05) is 12.1 Å². The van der Waals surface area contributed by atoms with Gasteiger partial charge in [0.1, 0.15) is 6.07 Å². The Hall–Kier alpha value is -2.80. The Morgan fingerprint density at radius 1 is 1.09 bits per heavy atom. The molecule has 0 spiro atoms. The van der Waals surface area contributed by atoms with Crippen LogP contribution in [0.4, 0.5) is 11.4 Å². The number of nitrogens with one attached hydrogen (secondary N) is 2. The Morgan fingerprint density at radius 2 is 1.74 bits per heavy atom. The van der Waals surface area contributed by atoms with E-state index >= 15 is 0 Å². The molecule has 0 aliphatic carbocycles. The van der Waals surface area contributed by atoms with Gasteiger partial charge in [0.05, 0.1) is 17.8 Å². The molecule has 23 heavy (non-hydrogen) atoms. The lowest BCUT2D eigenvalue weighted by atomic mass is 9.87. The Balaban J connectivity index is 1.93. The van der Waals surface area contributed by atoms with Crippen LogP contribution in [-0.2, 0) is 10.2 Å². The average Bonchev–Trinajstić information content (AvgIpc) is 2.53. The van der Waals surface area contributed by atoms with Gasteiger partial charge in [0, 0.05) is 5.69 Å². The van der Waals surface area contributed by atoms with Crippen molar-refractivity contribution in [3.05, 3.63) is 59.7 Å². The highest BCUT2D eigenvalue weighted by Crippen LogP contribution is 2.23. The third kappa shape index (κ3) is 4.58. The molecule has 2 rings (SSSR count). The molecule has 2 aromatic carbocycles. The summed E-state index contributed by atoms with van der Waals surface area (Å²) in [5.41, 5.74) is 3.23. The van der Waals surface area contributed by atoms with Crippen LogP contribution < -0.4 is 10.6 Å². The molecule has 0 heterocycles. The highest BCUT2D eigenvalue weighted by molar-refractivity contribution is 5.94. The number of rotatable bonds is 4. The van der Waals surface area contributed by atoms with E-state index in [2.05, 4.69) is 49.6 Å². The molecule has 4 nitrogen and oxygen atoms in total. The predicted octanol–water partition coefficient (Wildman–Crippen LogP) is 3.91. The zero-order chi connectivity index (χ0) is 16.9. The van der Waals surface area contributed by atoms with Crippen molar-refractivity contribution in [2.75, 3.05) is 17.2 Å². The number of para-hydroxylation sites is 1. The largest absolute Gasteiger partial charge is 0.376 e. The van der Waals surface area contributed by atoms with Crippen LogP contribution in [0.5, 0.6) is 0 Å². The van der Waals surface area contributed by atoms with E-state index in [9.17, 15) is 4.79 Å². The smallest absolute Gasteiger partial charge is 0.243 e. The lowest BCUT2D eigenvalue weighted by Gasteiger charge is -2.19. The average molecular weight is 307 g/mol. The number of hydrogen-bond donors (Lipinski definition) is 2. The molecule has 0 aliphatic heterocycles. The molecule has 2 N–H and O–H groups in total. The second-order valence-corrected chi connectivity index (χ2v) is 6.39. The van der Waals surface area contributed by atoms with Crippen molar-refractivity contribution in [2.24, 2.45) is 0 Å². The molecule has 0 saturated carbocycles. The number of carbonyl (C=O) groups excluding carboxylic acids is 1. The summed E-state index contributed by atoms with van der Waals surface area (Å²) >= 11 is 0. The normalized spacial score (nSPS) is 10.7. The summed E-state index contributed by atoms with van der Waals surface area (Å²) in [5.74, 6) is -0.187. The van der Waals surface area contributed by atoms with Crippen LogP contribution >= 0.6 is 0 Å². The molecular weight excluding hydrogens is 286 g/mol. The molecule has 0 aliphatic rings. The van der Waals surface area contributed by atoms with Gasteiger partial charge in [-0.15, -0.1) is 0 Å². The SMILES string of the molecule is CC(C)(C)c1ccc(NCC(=O)Nc2ccccc2C#N)cc1. The first kappa shape index (κ1) is 16.6. The van der Waals surface area contributed by atoms with Crippen LogP contribution in [0.1, 0.15) is 31.9 Å². The lowest BCUT2D eigenvalue weighted by Crippen LogP contribution is -2.22. The van der Waals surface area contributed by atoms with Crippen molar-refractivity contribution in [3.8, 4) is 6.07 Å². The zero-order valence-corrected chi connectivity index (χ0v) is 13.7. The molecule has 0 unspecified atom stereocenters. The van der Waals surface area contributed by atoms with E-state index in [1.165, 1.54) is 5.56 Å². The maximum atomic E-state index is 12.0. The molecule has 2 aromatic rings. The minimum Gasteiger partial charge on any atom is -0.376 e. The summed E-state index contributed by atoms with van der Waals surface area (Å²) < 4.78 is 0. The molecule has 1 amide bonds.